The zero-order chi connectivity index (χ0) is 21.6. The largest absolute Gasteiger partial charge is 0.291 e. The van der Waals surface area contributed by atoms with Crippen LogP contribution in [0.3, 0.4) is 0 Å². The van der Waals surface area contributed by atoms with Gasteiger partial charge in [0, 0.05) is 23.8 Å². The predicted molar refractivity (Wildman–Crippen MR) is 124 cm³/mol. The first kappa shape index (κ1) is 21.0. The van der Waals surface area contributed by atoms with E-state index in [0.29, 0.717) is 49.4 Å². The third-order valence-corrected chi connectivity index (χ3v) is 5.51. The molecule has 0 fully saturated rings. The lowest BCUT2D eigenvalue weighted by molar-refractivity contribution is 0.511. The zero-order valence-electron chi connectivity index (χ0n) is 16.5. The van der Waals surface area contributed by atoms with Crippen LogP contribution < -0.4 is 5.56 Å². The number of rotatable bonds is 4. The van der Waals surface area contributed by atoms with E-state index >= 15 is 0 Å². The van der Waals surface area contributed by atoms with Gasteiger partial charge in [0.15, 0.2) is 11.6 Å². The highest BCUT2D eigenvalue weighted by molar-refractivity contribution is 9.10. The van der Waals surface area contributed by atoms with E-state index in [9.17, 15) is 4.79 Å². The second kappa shape index (κ2) is 8.13. The summed E-state index contributed by atoms with van der Waals surface area (Å²) in [6.07, 6.45) is 1.64. The van der Waals surface area contributed by atoms with Crippen molar-refractivity contribution in [2.75, 3.05) is 0 Å². The highest BCUT2D eigenvalue weighted by atomic mass is 79.9. The molecule has 4 rings (SSSR count). The average molecular weight is 507 g/mol. The number of aryl methyl sites for hydroxylation is 1. The Morgan fingerprint density at radius 1 is 1.20 bits per heavy atom. The molecule has 30 heavy (non-hydrogen) atoms. The van der Waals surface area contributed by atoms with Gasteiger partial charge < -0.3 is 0 Å². The van der Waals surface area contributed by atoms with Crippen molar-refractivity contribution in [3.8, 4) is 17.3 Å². The summed E-state index contributed by atoms with van der Waals surface area (Å²) >= 11 is 16.0. The van der Waals surface area contributed by atoms with E-state index in [1.807, 2.05) is 20.8 Å². The Morgan fingerprint density at radius 3 is 2.67 bits per heavy atom. The molecule has 0 amide bonds. The van der Waals surface area contributed by atoms with Crippen LogP contribution in [-0.2, 0) is 6.54 Å². The molecule has 0 aliphatic carbocycles. The maximum absolute atomic E-state index is 13.5. The zero-order valence-corrected chi connectivity index (χ0v) is 19.6. The van der Waals surface area contributed by atoms with Gasteiger partial charge in [0.2, 0.25) is 0 Å². The molecule has 0 radical (unpaired) electrons. The Kier molecular flexibility index (Phi) is 5.70. The summed E-state index contributed by atoms with van der Waals surface area (Å²) in [6.45, 7) is 6.47. The van der Waals surface area contributed by atoms with Gasteiger partial charge in [-0.3, -0.25) is 9.36 Å². The van der Waals surface area contributed by atoms with E-state index < -0.39 is 0 Å². The number of benzene rings is 1. The van der Waals surface area contributed by atoms with Gasteiger partial charge >= 0.3 is 0 Å². The Hall–Kier alpha value is -2.22. The number of pyridine rings is 1. The van der Waals surface area contributed by atoms with Gasteiger partial charge in [-0.25, -0.2) is 14.6 Å². The molecular formula is C21H18BrCl2N5O. The fourth-order valence-corrected chi connectivity index (χ4v) is 4.24. The minimum atomic E-state index is -0.148. The Bertz CT molecular complexity index is 1330. The Labute approximate surface area is 191 Å². The third-order valence-electron chi connectivity index (χ3n) is 4.61. The molecule has 154 valence electrons. The molecule has 0 aliphatic heterocycles. The molecule has 0 bridgehead atoms. The van der Waals surface area contributed by atoms with Crippen molar-refractivity contribution in [3.63, 3.8) is 0 Å². The molecule has 6 nitrogen and oxygen atoms in total. The van der Waals surface area contributed by atoms with Gasteiger partial charge in [-0.1, -0.05) is 37.0 Å². The van der Waals surface area contributed by atoms with Crippen LogP contribution in [0.15, 0.2) is 45.9 Å². The first-order valence-electron chi connectivity index (χ1n) is 9.33. The lowest BCUT2D eigenvalue weighted by Gasteiger charge is -2.17. The number of hydrogen-bond acceptors (Lipinski definition) is 4. The van der Waals surface area contributed by atoms with E-state index in [0.717, 1.165) is 5.56 Å². The summed E-state index contributed by atoms with van der Waals surface area (Å²) in [6, 6.07) is 8.77. The van der Waals surface area contributed by atoms with Crippen molar-refractivity contribution >= 4 is 50.0 Å². The van der Waals surface area contributed by atoms with Crippen molar-refractivity contribution in [3.05, 3.63) is 67.1 Å². The van der Waals surface area contributed by atoms with E-state index in [1.54, 1.807) is 45.8 Å². The van der Waals surface area contributed by atoms with Gasteiger partial charge in [-0.2, -0.15) is 5.10 Å². The van der Waals surface area contributed by atoms with Crippen molar-refractivity contribution in [1.82, 2.24) is 24.3 Å². The summed E-state index contributed by atoms with van der Waals surface area (Å²) in [5.41, 5.74) is 1.89. The molecular weight excluding hydrogens is 489 g/mol. The van der Waals surface area contributed by atoms with Crippen LogP contribution in [0.25, 0.3) is 28.2 Å². The van der Waals surface area contributed by atoms with Crippen LogP contribution in [0.4, 0.5) is 0 Å². The van der Waals surface area contributed by atoms with Crippen molar-refractivity contribution in [2.45, 2.75) is 27.3 Å². The van der Waals surface area contributed by atoms with Gasteiger partial charge in [-0.05, 0) is 58.6 Å². The predicted octanol–water partition coefficient (Wildman–Crippen LogP) is 5.68. The van der Waals surface area contributed by atoms with E-state index in [-0.39, 0.29) is 11.5 Å². The van der Waals surface area contributed by atoms with Crippen LogP contribution in [-0.4, -0.2) is 24.3 Å². The van der Waals surface area contributed by atoms with Gasteiger partial charge in [0.1, 0.15) is 10.3 Å². The van der Waals surface area contributed by atoms with Gasteiger partial charge in [-0.15, -0.1) is 0 Å². The van der Waals surface area contributed by atoms with Crippen molar-refractivity contribution in [2.24, 2.45) is 5.92 Å². The number of nitrogens with zero attached hydrogens (tertiary/aromatic N) is 5. The monoisotopic (exact) mass is 505 g/mol. The molecule has 0 saturated heterocycles. The lowest BCUT2D eigenvalue weighted by atomic mass is 10.1. The molecule has 0 spiro atoms. The maximum Gasteiger partial charge on any atom is 0.261 e. The highest BCUT2D eigenvalue weighted by Crippen LogP contribution is 2.29. The second-order valence-corrected chi connectivity index (χ2v) is 9.09. The van der Waals surface area contributed by atoms with Crippen LogP contribution in [0.5, 0.6) is 0 Å². The normalized spacial score (nSPS) is 11.6. The number of fused-ring (bicyclic) bond motifs is 1. The molecule has 0 atom stereocenters. The van der Waals surface area contributed by atoms with Crippen molar-refractivity contribution < 1.29 is 0 Å². The molecule has 9 heteroatoms. The quantitative estimate of drug-likeness (QED) is 0.357. The van der Waals surface area contributed by atoms with Gasteiger partial charge in [0.25, 0.3) is 5.56 Å². The second-order valence-electron chi connectivity index (χ2n) is 7.44. The summed E-state index contributed by atoms with van der Waals surface area (Å²) < 4.78 is 3.85. The molecule has 3 heterocycles. The summed E-state index contributed by atoms with van der Waals surface area (Å²) in [5, 5.41) is 5.94. The number of hydrogen-bond donors (Lipinski definition) is 0. The smallest absolute Gasteiger partial charge is 0.261 e. The van der Waals surface area contributed by atoms with Crippen LogP contribution >= 0.6 is 39.1 Å². The van der Waals surface area contributed by atoms with Crippen LogP contribution in [0.1, 0.15) is 19.4 Å². The maximum atomic E-state index is 13.5. The average Bonchev–Trinajstić information content (AvgIpc) is 3.05. The molecule has 0 saturated carbocycles. The third kappa shape index (κ3) is 3.77. The van der Waals surface area contributed by atoms with E-state index in [4.69, 9.17) is 28.2 Å². The van der Waals surface area contributed by atoms with E-state index in [2.05, 4.69) is 26.0 Å². The lowest BCUT2D eigenvalue weighted by Crippen LogP contribution is -2.26. The molecule has 3 aromatic heterocycles. The fraction of sp³-hybridized carbons (Fsp3) is 0.238. The Morgan fingerprint density at radius 2 is 1.97 bits per heavy atom. The molecule has 0 aliphatic rings. The number of halogens is 3. The van der Waals surface area contributed by atoms with Gasteiger partial charge in [0.05, 0.1) is 15.9 Å². The molecule has 0 unspecified atom stereocenters. The SMILES string of the molecule is Cc1cc(Cl)cc2c(=O)n(CC(C)C)c(-c3cc(Br)nn3-c3ncccc3Cl)nc12. The Balaban J connectivity index is 2.09. The van der Waals surface area contributed by atoms with E-state index in [1.165, 1.54) is 0 Å². The first-order chi connectivity index (χ1) is 14.3. The fourth-order valence-electron chi connectivity index (χ4n) is 3.39. The molecule has 0 N–H and O–H groups in total. The number of aromatic nitrogens is 5. The first-order valence-corrected chi connectivity index (χ1v) is 10.9. The standard InChI is InChI=1S/C21H18BrCl2N5O/c1-11(2)10-28-20(26-18-12(3)7-13(23)8-14(18)21(28)30)16-9-17(22)27-29(16)19-15(24)5-4-6-25-19/h4-9,11H,10H2,1-3H3. The summed E-state index contributed by atoms with van der Waals surface area (Å²) in [5.74, 6) is 1.17. The molecule has 4 aromatic rings. The van der Waals surface area contributed by atoms with Crippen LogP contribution in [0.2, 0.25) is 10.0 Å². The minimum absolute atomic E-state index is 0.148. The summed E-state index contributed by atoms with van der Waals surface area (Å²) in [7, 11) is 0. The highest BCUT2D eigenvalue weighted by Gasteiger charge is 2.21. The van der Waals surface area contributed by atoms with Crippen LogP contribution in [0, 0.1) is 12.8 Å². The summed E-state index contributed by atoms with van der Waals surface area (Å²) in [4.78, 5) is 22.7. The van der Waals surface area contributed by atoms with Crippen molar-refractivity contribution in [1.29, 1.82) is 0 Å². The minimum Gasteiger partial charge on any atom is -0.291 e. The topological polar surface area (TPSA) is 65.6 Å². The molecule has 1 aromatic carbocycles.